The molecule has 1 aliphatic rings. The van der Waals surface area contributed by atoms with E-state index in [1.165, 1.54) is 6.07 Å². The maximum Gasteiger partial charge on any atom is 0.416 e. The number of nitrogens with zero attached hydrogens (tertiary/aromatic N) is 1. The molecule has 3 amide bonds. The Morgan fingerprint density at radius 3 is 2.63 bits per heavy atom. The molecule has 0 saturated carbocycles. The van der Waals surface area contributed by atoms with Crippen LogP contribution in [-0.4, -0.2) is 41.7 Å². The van der Waals surface area contributed by atoms with Crippen molar-refractivity contribution in [3.63, 3.8) is 0 Å². The Labute approximate surface area is 215 Å². The summed E-state index contributed by atoms with van der Waals surface area (Å²) in [6, 6.07) is 6.45. The summed E-state index contributed by atoms with van der Waals surface area (Å²) in [5.74, 6) is 0.133. The summed E-state index contributed by atoms with van der Waals surface area (Å²) in [6.45, 7) is 2.83. The summed E-state index contributed by atoms with van der Waals surface area (Å²) in [5, 5.41) is 5.57. The van der Waals surface area contributed by atoms with Gasteiger partial charge in [-0.15, -0.1) is 11.8 Å². The molecular weight excluding hydrogens is 524 g/mol. The molecule has 35 heavy (non-hydrogen) atoms. The number of hydrogen-bond acceptors (Lipinski definition) is 4. The zero-order chi connectivity index (χ0) is 25.8. The summed E-state index contributed by atoms with van der Waals surface area (Å²) in [5.41, 5.74) is 4.62. The molecule has 0 bridgehead atoms. The van der Waals surface area contributed by atoms with E-state index in [4.69, 9.17) is 28.9 Å². The minimum absolute atomic E-state index is 0.0768. The van der Waals surface area contributed by atoms with E-state index in [0.717, 1.165) is 22.3 Å². The number of alkyl halides is 3. The van der Waals surface area contributed by atoms with Crippen LogP contribution in [0, 0.1) is 0 Å². The van der Waals surface area contributed by atoms with E-state index in [9.17, 15) is 22.8 Å². The van der Waals surface area contributed by atoms with Crippen molar-refractivity contribution < 1.29 is 22.8 Å². The fraction of sp³-hybridized carbons (Fsp3) is 0.391. The lowest BCUT2D eigenvalue weighted by Gasteiger charge is -2.21. The fourth-order valence-electron chi connectivity index (χ4n) is 3.96. The zero-order valence-electron chi connectivity index (χ0n) is 18.8. The van der Waals surface area contributed by atoms with Gasteiger partial charge in [0.1, 0.15) is 0 Å². The van der Waals surface area contributed by atoms with Crippen LogP contribution in [0.4, 0.5) is 18.0 Å². The number of likely N-dealkylation sites (tertiary alicyclic amines) is 1. The lowest BCUT2D eigenvalue weighted by molar-refractivity contribution is -0.138. The number of carbonyl (C=O) groups is 2. The first-order valence-electron chi connectivity index (χ1n) is 10.8. The van der Waals surface area contributed by atoms with Crippen molar-refractivity contribution in [1.82, 2.24) is 15.5 Å². The second-order valence-corrected chi connectivity index (χ2v) is 10.2. The van der Waals surface area contributed by atoms with Gasteiger partial charge in [-0.05, 0) is 53.6 Å². The second kappa shape index (κ2) is 11.7. The number of benzene rings is 2. The maximum absolute atomic E-state index is 13.9. The number of urea groups is 1. The molecule has 1 heterocycles. The molecular formula is C23H25Cl2F3N4O2S. The van der Waals surface area contributed by atoms with Crippen LogP contribution in [0.3, 0.4) is 0 Å². The number of hydrogen-bond donors (Lipinski definition) is 3. The van der Waals surface area contributed by atoms with Crippen LogP contribution >= 0.6 is 35.0 Å². The van der Waals surface area contributed by atoms with Crippen LogP contribution in [0.15, 0.2) is 35.2 Å². The number of nitrogens with two attached hydrogens (primary N) is 1. The highest BCUT2D eigenvalue weighted by Crippen LogP contribution is 2.37. The first kappa shape index (κ1) is 27.4. The molecule has 1 unspecified atom stereocenters. The SMILES string of the molecule is CCSc1ccc(Cl)cc1CNC(=O)c1cc(Cl)c(CN2CCC(NC(N)=O)C2)c(C(F)(F)F)c1. The molecule has 2 aromatic rings. The predicted octanol–water partition coefficient (Wildman–Crippen LogP) is 5.30. The van der Waals surface area contributed by atoms with Crippen LogP contribution in [0.2, 0.25) is 10.0 Å². The quantitative estimate of drug-likeness (QED) is 0.391. The van der Waals surface area contributed by atoms with Crippen LogP contribution in [-0.2, 0) is 19.3 Å². The minimum Gasteiger partial charge on any atom is -0.352 e. The lowest BCUT2D eigenvalue weighted by atomic mass is 10.0. The second-order valence-electron chi connectivity index (χ2n) is 8.08. The number of amides is 3. The largest absolute Gasteiger partial charge is 0.416 e. The highest BCUT2D eigenvalue weighted by molar-refractivity contribution is 7.99. The molecule has 1 saturated heterocycles. The molecule has 0 spiro atoms. The van der Waals surface area contributed by atoms with Gasteiger partial charge in [0.25, 0.3) is 5.91 Å². The molecule has 0 radical (unpaired) electrons. The van der Waals surface area contributed by atoms with Gasteiger partial charge in [-0.2, -0.15) is 13.2 Å². The standard InChI is InChI=1S/C23H25Cl2F3N4O2S/c1-2-35-20-4-3-15(24)7-14(20)10-30-21(33)13-8-18(23(26,27)28)17(19(25)9-13)12-32-6-5-16(11-32)31-22(29)34/h3-4,7-9,16H,2,5-6,10-12H2,1H3,(H,30,33)(H3,29,31,34). The third-order valence-corrected chi connectivity index (χ3v) is 7.10. The number of nitrogens with one attached hydrogen (secondary N) is 2. The third kappa shape index (κ3) is 7.42. The molecule has 190 valence electrons. The van der Waals surface area contributed by atoms with E-state index in [0.29, 0.717) is 24.5 Å². The first-order chi connectivity index (χ1) is 16.5. The highest BCUT2D eigenvalue weighted by Gasteiger charge is 2.36. The van der Waals surface area contributed by atoms with Crippen molar-refractivity contribution in [2.24, 2.45) is 5.73 Å². The average molecular weight is 549 g/mol. The summed E-state index contributed by atoms with van der Waals surface area (Å²) in [4.78, 5) is 26.5. The lowest BCUT2D eigenvalue weighted by Crippen LogP contribution is -2.40. The predicted molar refractivity (Wildman–Crippen MR) is 132 cm³/mol. The molecule has 1 aliphatic heterocycles. The Hall–Kier alpha value is -2.14. The van der Waals surface area contributed by atoms with Gasteiger partial charge in [0.2, 0.25) is 0 Å². The van der Waals surface area contributed by atoms with Crippen molar-refractivity contribution in [3.8, 4) is 0 Å². The Morgan fingerprint density at radius 1 is 1.23 bits per heavy atom. The molecule has 4 N–H and O–H groups in total. The smallest absolute Gasteiger partial charge is 0.352 e. The molecule has 1 fully saturated rings. The minimum atomic E-state index is -4.71. The Balaban J connectivity index is 1.79. The van der Waals surface area contributed by atoms with Gasteiger partial charge >= 0.3 is 12.2 Å². The third-order valence-electron chi connectivity index (χ3n) is 5.53. The van der Waals surface area contributed by atoms with Crippen molar-refractivity contribution >= 4 is 46.9 Å². The van der Waals surface area contributed by atoms with E-state index >= 15 is 0 Å². The number of rotatable bonds is 8. The topological polar surface area (TPSA) is 87.5 Å². The maximum atomic E-state index is 13.9. The van der Waals surface area contributed by atoms with Gasteiger partial charge in [0.05, 0.1) is 5.56 Å². The molecule has 0 aromatic heterocycles. The van der Waals surface area contributed by atoms with Crippen molar-refractivity contribution in [1.29, 1.82) is 0 Å². The first-order valence-corrected chi connectivity index (χ1v) is 12.6. The van der Waals surface area contributed by atoms with Crippen LogP contribution in [0.1, 0.15) is 40.4 Å². The number of thioether (sulfide) groups is 1. The monoisotopic (exact) mass is 548 g/mol. The summed E-state index contributed by atoms with van der Waals surface area (Å²) < 4.78 is 41.8. The van der Waals surface area contributed by atoms with Crippen molar-refractivity contribution in [2.45, 2.75) is 43.5 Å². The number of primary amides is 1. The molecule has 2 aromatic carbocycles. The molecule has 6 nitrogen and oxygen atoms in total. The zero-order valence-corrected chi connectivity index (χ0v) is 21.2. The van der Waals surface area contributed by atoms with Gasteiger partial charge < -0.3 is 16.4 Å². The molecule has 3 rings (SSSR count). The number of halogens is 5. The van der Waals surface area contributed by atoms with Gasteiger partial charge in [0.15, 0.2) is 0 Å². The molecule has 12 heteroatoms. The molecule has 1 atom stereocenters. The van der Waals surface area contributed by atoms with Crippen molar-refractivity contribution in [3.05, 3.63) is 62.6 Å². The van der Waals surface area contributed by atoms with Gasteiger partial charge in [-0.25, -0.2) is 4.79 Å². The normalized spacial score (nSPS) is 16.3. The van der Waals surface area contributed by atoms with Crippen LogP contribution in [0.5, 0.6) is 0 Å². The van der Waals surface area contributed by atoms with E-state index in [-0.39, 0.29) is 35.3 Å². The van der Waals surface area contributed by atoms with E-state index in [2.05, 4.69) is 10.6 Å². The van der Waals surface area contributed by atoms with Gasteiger partial charge in [-0.1, -0.05) is 30.1 Å². The summed E-state index contributed by atoms with van der Waals surface area (Å²) in [7, 11) is 0. The highest BCUT2D eigenvalue weighted by atomic mass is 35.5. The van der Waals surface area contributed by atoms with Gasteiger partial charge in [-0.3, -0.25) is 9.69 Å². The van der Waals surface area contributed by atoms with E-state index < -0.39 is 23.7 Å². The number of carbonyl (C=O) groups excluding carboxylic acids is 2. The Kier molecular flexibility index (Phi) is 9.20. The summed E-state index contributed by atoms with van der Waals surface area (Å²) in [6.07, 6.45) is -4.15. The van der Waals surface area contributed by atoms with Gasteiger partial charge in [0, 0.05) is 52.7 Å². The average Bonchev–Trinajstić information content (AvgIpc) is 3.20. The Bertz CT molecular complexity index is 1100. The van der Waals surface area contributed by atoms with Crippen LogP contribution < -0.4 is 16.4 Å². The fourth-order valence-corrected chi connectivity index (χ4v) is 5.23. The Morgan fingerprint density at radius 2 is 1.97 bits per heavy atom. The molecule has 0 aliphatic carbocycles. The summed E-state index contributed by atoms with van der Waals surface area (Å²) >= 11 is 13.9. The van der Waals surface area contributed by atoms with Crippen LogP contribution in [0.25, 0.3) is 0 Å². The van der Waals surface area contributed by atoms with Crippen molar-refractivity contribution in [2.75, 3.05) is 18.8 Å². The van der Waals surface area contributed by atoms with E-state index in [1.54, 1.807) is 28.8 Å². The van der Waals surface area contributed by atoms with E-state index in [1.807, 2.05) is 13.0 Å².